The lowest BCUT2D eigenvalue weighted by Crippen LogP contribution is -2.57. The van der Waals surface area contributed by atoms with Gasteiger partial charge in [0.1, 0.15) is 11.5 Å². The van der Waals surface area contributed by atoms with E-state index in [2.05, 4.69) is 10.3 Å². The third-order valence-corrected chi connectivity index (χ3v) is 5.80. The molecule has 0 unspecified atom stereocenters. The summed E-state index contributed by atoms with van der Waals surface area (Å²) in [7, 11) is 0. The van der Waals surface area contributed by atoms with Gasteiger partial charge in [0.15, 0.2) is 0 Å². The fourth-order valence-electron chi connectivity index (χ4n) is 4.32. The number of carbonyl (C=O) groups excluding carboxylic acids is 1. The summed E-state index contributed by atoms with van der Waals surface area (Å²) in [6.07, 6.45) is 1.85. The highest BCUT2D eigenvalue weighted by Gasteiger charge is 2.45. The predicted molar refractivity (Wildman–Crippen MR) is 113 cm³/mol. The smallest absolute Gasteiger partial charge is 0.282 e. The van der Waals surface area contributed by atoms with Crippen LogP contribution in [0.15, 0.2) is 54.7 Å². The molecule has 4 aromatic rings. The van der Waals surface area contributed by atoms with Gasteiger partial charge in [-0.15, -0.1) is 0 Å². The number of hydrogen-bond acceptors (Lipinski definition) is 4. The van der Waals surface area contributed by atoms with Crippen molar-refractivity contribution in [3.05, 3.63) is 66.1 Å². The zero-order valence-corrected chi connectivity index (χ0v) is 16.6. The van der Waals surface area contributed by atoms with Crippen LogP contribution in [0.2, 0.25) is 0 Å². The summed E-state index contributed by atoms with van der Waals surface area (Å²) in [6.45, 7) is -0.848. The molecule has 4 heterocycles. The lowest BCUT2D eigenvalue weighted by molar-refractivity contribution is -0.115. The number of halogens is 3. The van der Waals surface area contributed by atoms with E-state index >= 15 is 0 Å². The second-order valence-electron chi connectivity index (χ2n) is 8.08. The first-order chi connectivity index (χ1) is 15.4. The predicted octanol–water partition coefficient (Wildman–Crippen LogP) is 4.15. The molecule has 2 aliphatic rings. The van der Waals surface area contributed by atoms with E-state index in [1.54, 1.807) is 28.9 Å². The molecule has 2 aliphatic heterocycles. The zero-order valence-electron chi connectivity index (χ0n) is 16.6. The highest BCUT2D eigenvalue weighted by Crippen LogP contribution is 2.39. The van der Waals surface area contributed by atoms with Crippen molar-refractivity contribution in [2.75, 3.05) is 23.3 Å². The van der Waals surface area contributed by atoms with Gasteiger partial charge in [-0.1, -0.05) is 6.07 Å². The van der Waals surface area contributed by atoms with Crippen LogP contribution in [0, 0.1) is 5.82 Å². The Hall–Kier alpha value is -3.88. The number of nitrogens with zero attached hydrogens (tertiary/aromatic N) is 4. The maximum absolute atomic E-state index is 13.6. The molecule has 0 radical (unpaired) electrons. The number of benzene rings is 2. The molecule has 0 aliphatic carbocycles. The summed E-state index contributed by atoms with van der Waals surface area (Å²) in [4.78, 5) is 17.6. The van der Waals surface area contributed by atoms with Crippen molar-refractivity contribution < 1.29 is 18.0 Å². The normalized spacial score (nSPS) is 16.7. The molecule has 0 bridgehead atoms. The fourth-order valence-corrected chi connectivity index (χ4v) is 4.32. The van der Waals surface area contributed by atoms with Crippen molar-refractivity contribution in [3.8, 4) is 22.4 Å². The Bertz CT molecular complexity index is 1390. The first kappa shape index (κ1) is 18.9. The summed E-state index contributed by atoms with van der Waals surface area (Å²) in [6, 6.07) is 13.4. The molecule has 0 saturated carbocycles. The maximum atomic E-state index is 13.6. The van der Waals surface area contributed by atoms with Crippen molar-refractivity contribution in [3.63, 3.8) is 0 Å². The molecule has 1 amide bonds. The molecular formula is C23H16F3N5O. The third kappa shape index (κ3) is 2.92. The van der Waals surface area contributed by atoms with E-state index in [0.29, 0.717) is 22.7 Å². The topological polar surface area (TPSA) is 62.5 Å². The number of alkyl halides is 2. The van der Waals surface area contributed by atoms with Crippen molar-refractivity contribution >= 4 is 23.1 Å². The average Bonchev–Trinajstić information content (AvgIpc) is 3.31. The largest absolute Gasteiger partial charge is 0.329 e. The van der Waals surface area contributed by atoms with Crippen LogP contribution < -0.4 is 10.2 Å². The van der Waals surface area contributed by atoms with E-state index in [0.717, 1.165) is 22.4 Å². The second-order valence-corrected chi connectivity index (χ2v) is 8.08. The van der Waals surface area contributed by atoms with E-state index < -0.39 is 19.0 Å². The van der Waals surface area contributed by atoms with Gasteiger partial charge in [0.05, 0.1) is 25.0 Å². The van der Waals surface area contributed by atoms with Crippen LogP contribution in [-0.4, -0.2) is 39.5 Å². The quantitative estimate of drug-likeness (QED) is 0.525. The second kappa shape index (κ2) is 6.56. The van der Waals surface area contributed by atoms with Crippen LogP contribution >= 0.6 is 0 Å². The van der Waals surface area contributed by atoms with Crippen molar-refractivity contribution in [1.82, 2.24) is 14.6 Å². The molecule has 2 aromatic carbocycles. The minimum Gasteiger partial charge on any atom is -0.329 e. The van der Waals surface area contributed by atoms with Crippen LogP contribution in [-0.2, 0) is 11.2 Å². The third-order valence-electron chi connectivity index (χ3n) is 5.80. The number of rotatable bonds is 3. The minimum atomic E-state index is -2.75. The number of anilines is 2. The number of fused-ring (bicyclic) bond motifs is 2. The van der Waals surface area contributed by atoms with E-state index in [1.165, 1.54) is 17.0 Å². The summed E-state index contributed by atoms with van der Waals surface area (Å²) in [5.41, 5.74) is 5.15. The van der Waals surface area contributed by atoms with Gasteiger partial charge in [-0.3, -0.25) is 4.79 Å². The van der Waals surface area contributed by atoms with Gasteiger partial charge in [0, 0.05) is 23.0 Å². The molecule has 0 atom stereocenters. The molecule has 6 nitrogen and oxygen atoms in total. The van der Waals surface area contributed by atoms with Gasteiger partial charge in [-0.2, -0.15) is 9.61 Å². The lowest BCUT2D eigenvalue weighted by Gasteiger charge is -2.39. The Labute approximate surface area is 180 Å². The Balaban J connectivity index is 1.57. The number of carbonyl (C=O) groups is 1. The molecule has 1 fully saturated rings. The van der Waals surface area contributed by atoms with E-state index in [4.69, 9.17) is 5.10 Å². The number of amides is 1. The molecule has 9 heteroatoms. The van der Waals surface area contributed by atoms with Crippen molar-refractivity contribution in [2.24, 2.45) is 0 Å². The zero-order chi connectivity index (χ0) is 22.0. The van der Waals surface area contributed by atoms with Gasteiger partial charge in [0.25, 0.3) is 5.92 Å². The molecule has 2 aromatic heterocycles. The Morgan fingerprint density at radius 2 is 1.75 bits per heavy atom. The Kier molecular flexibility index (Phi) is 3.86. The van der Waals surface area contributed by atoms with Gasteiger partial charge in [-0.05, 0) is 53.6 Å². The molecule has 32 heavy (non-hydrogen) atoms. The van der Waals surface area contributed by atoms with Crippen LogP contribution in [0.25, 0.3) is 27.9 Å². The summed E-state index contributed by atoms with van der Waals surface area (Å²) < 4.78 is 42.2. The van der Waals surface area contributed by atoms with E-state index in [1.807, 2.05) is 18.2 Å². The number of aromatic nitrogens is 3. The van der Waals surface area contributed by atoms with E-state index in [9.17, 15) is 18.0 Å². The molecule has 1 saturated heterocycles. The highest BCUT2D eigenvalue weighted by atomic mass is 19.3. The van der Waals surface area contributed by atoms with Gasteiger partial charge in [0.2, 0.25) is 11.9 Å². The molecule has 1 N–H and O–H groups in total. The molecule has 0 spiro atoms. The minimum absolute atomic E-state index is 0.0685. The Morgan fingerprint density at radius 1 is 1.00 bits per heavy atom. The number of nitrogens with one attached hydrogen (secondary N) is 1. The van der Waals surface area contributed by atoms with Crippen LogP contribution in [0.5, 0.6) is 0 Å². The summed E-state index contributed by atoms with van der Waals surface area (Å²) in [5.74, 6) is -2.87. The summed E-state index contributed by atoms with van der Waals surface area (Å²) >= 11 is 0. The first-order valence-electron chi connectivity index (χ1n) is 10.1. The van der Waals surface area contributed by atoms with Crippen molar-refractivity contribution in [2.45, 2.75) is 12.3 Å². The SMILES string of the molecule is O=C1Cc2cc(-c3c(-c4ccc(F)cc4)nn4c(N5CC(F)(F)C5)nccc34)ccc2N1. The van der Waals surface area contributed by atoms with Crippen LogP contribution in [0.3, 0.4) is 0 Å². The van der Waals surface area contributed by atoms with E-state index in [-0.39, 0.29) is 18.1 Å². The standard InChI is InChI=1S/C23H16F3N5O/c24-16-4-1-13(2-5-16)21-20(14-3-6-17-15(9-14)10-19(32)28-17)18-7-8-27-22(31(18)29-21)30-11-23(25,26)12-30/h1-9H,10-12H2,(H,28,32). The van der Waals surface area contributed by atoms with Gasteiger partial charge < -0.3 is 10.2 Å². The number of hydrogen-bond donors (Lipinski definition) is 1. The van der Waals surface area contributed by atoms with Crippen LogP contribution in [0.1, 0.15) is 5.56 Å². The maximum Gasteiger partial charge on any atom is 0.282 e. The Morgan fingerprint density at radius 3 is 2.50 bits per heavy atom. The highest BCUT2D eigenvalue weighted by molar-refractivity contribution is 6.01. The molecule has 6 rings (SSSR count). The lowest BCUT2D eigenvalue weighted by atomic mass is 9.97. The fraction of sp³-hybridized carbons (Fsp3) is 0.174. The molecular weight excluding hydrogens is 419 g/mol. The first-order valence-corrected chi connectivity index (χ1v) is 10.1. The van der Waals surface area contributed by atoms with Crippen molar-refractivity contribution in [1.29, 1.82) is 0 Å². The summed E-state index contributed by atoms with van der Waals surface area (Å²) in [5, 5.41) is 7.53. The van der Waals surface area contributed by atoms with Gasteiger partial charge in [-0.25, -0.2) is 18.2 Å². The monoisotopic (exact) mass is 435 g/mol. The molecule has 160 valence electrons. The average molecular weight is 435 g/mol. The van der Waals surface area contributed by atoms with Crippen LogP contribution in [0.4, 0.5) is 24.8 Å². The van der Waals surface area contributed by atoms with Gasteiger partial charge >= 0.3 is 0 Å².